The van der Waals surface area contributed by atoms with E-state index in [0.29, 0.717) is 5.56 Å². The van der Waals surface area contributed by atoms with Gasteiger partial charge in [0, 0.05) is 41.9 Å². The number of fused-ring (bicyclic) bond motifs is 2. The second kappa shape index (κ2) is 6.79. The maximum Gasteiger partial charge on any atom is 0.263 e. The molecule has 0 radical (unpaired) electrons. The summed E-state index contributed by atoms with van der Waals surface area (Å²) in [4.78, 5) is 13.3. The summed E-state index contributed by atoms with van der Waals surface area (Å²) in [5, 5.41) is 0. The third-order valence-corrected chi connectivity index (χ3v) is 7.71. The van der Waals surface area contributed by atoms with Crippen molar-refractivity contribution in [1.82, 2.24) is 0 Å². The van der Waals surface area contributed by atoms with Crippen LogP contribution in [0.5, 0.6) is 11.5 Å². The predicted molar refractivity (Wildman–Crippen MR) is 128 cm³/mol. The van der Waals surface area contributed by atoms with Gasteiger partial charge in [-0.25, -0.2) is 0 Å². The molecule has 6 heteroatoms. The number of hydrogen-bond donors (Lipinski definition) is 0. The highest BCUT2D eigenvalue weighted by atomic mass is 16.8. The van der Waals surface area contributed by atoms with Crippen LogP contribution in [0.4, 0.5) is 0 Å². The number of ketones is 1. The van der Waals surface area contributed by atoms with Gasteiger partial charge in [-0.1, -0.05) is 26.5 Å². The molecule has 0 spiro atoms. The number of Topliss-reactive ketones (excluding diaryl/α,β-unsaturated/α-hetero) is 1. The molecule has 2 atom stereocenters. The molecular formula is C28H32O6. The molecule has 0 aliphatic carbocycles. The number of carbonyl (C=O) groups is 1. The Balaban J connectivity index is 1.53. The molecule has 3 heterocycles. The molecule has 2 aromatic rings. The monoisotopic (exact) mass is 464 g/mol. The topological polar surface area (TPSA) is 69.8 Å². The fraction of sp³-hybridized carbons (Fsp3) is 0.464. The van der Waals surface area contributed by atoms with E-state index in [1.807, 2.05) is 52.0 Å². The van der Waals surface area contributed by atoms with E-state index in [1.165, 1.54) is 7.11 Å². The molecule has 180 valence electrons. The van der Waals surface area contributed by atoms with E-state index in [0.717, 1.165) is 33.8 Å². The van der Waals surface area contributed by atoms with Crippen LogP contribution in [-0.4, -0.2) is 42.8 Å². The Kier molecular flexibility index (Phi) is 4.64. The van der Waals surface area contributed by atoms with Gasteiger partial charge in [-0.2, -0.15) is 0 Å². The molecule has 0 bridgehead atoms. The standard InChI is InChI=1S/C28H32O6/c1-16(27(30-8)25(4,5)33-27)17-10-12-21-19(14-17)24(2,3)20-15-18(11-13-22(20)32-21)23(29)28(31-9)26(6,7)34-28/h10-15H,1H2,2-9H3. The number of epoxide rings is 2. The van der Waals surface area contributed by atoms with Crippen LogP contribution in [0.1, 0.15) is 68.6 Å². The van der Waals surface area contributed by atoms with Gasteiger partial charge in [0.2, 0.25) is 11.6 Å². The second-order valence-corrected chi connectivity index (χ2v) is 10.8. The first kappa shape index (κ1) is 23.2. The lowest BCUT2D eigenvalue weighted by molar-refractivity contribution is 0.00128. The van der Waals surface area contributed by atoms with Crippen molar-refractivity contribution < 1.29 is 28.5 Å². The largest absolute Gasteiger partial charge is 0.457 e. The number of methoxy groups -OCH3 is 2. The molecule has 0 saturated carbocycles. The molecule has 6 nitrogen and oxygen atoms in total. The summed E-state index contributed by atoms with van der Waals surface area (Å²) < 4.78 is 29.1. The molecule has 0 aromatic heterocycles. The van der Waals surface area contributed by atoms with Crippen molar-refractivity contribution in [2.75, 3.05) is 14.2 Å². The lowest BCUT2D eigenvalue weighted by Crippen LogP contribution is -2.34. The summed E-state index contributed by atoms with van der Waals surface area (Å²) in [7, 11) is 3.14. The summed E-state index contributed by atoms with van der Waals surface area (Å²) in [5.41, 5.74) is 2.58. The Morgan fingerprint density at radius 3 is 1.65 bits per heavy atom. The second-order valence-electron chi connectivity index (χ2n) is 10.8. The highest BCUT2D eigenvalue weighted by Gasteiger charge is 2.70. The summed E-state index contributed by atoms with van der Waals surface area (Å²) in [6, 6.07) is 11.5. The lowest BCUT2D eigenvalue weighted by atomic mass is 9.74. The van der Waals surface area contributed by atoms with Gasteiger partial charge in [-0.3, -0.25) is 4.79 Å². The molecule has 0 N–H and O–H groups in total. The minimum Gasteiger partial charge on any atom is -0.457 e. The van der Waals surface area contributed by atoms with Crippen molar-refractivity contribution >= 4 is 11.4 Å². The van der Waals surface area contributed by atoms with E-state index in [1.54, 1.807) is 13.2 Å². The van der Waals surface area contributed by atoms with Gasteiger partial charge in [-0.15, -0.1) is 0 Å². The van der Waals surface area contributed by atoms with Crippen LogP contribution in [0.2, 0.25) is 0 Å². The van der Waals surface area contributed by atoms with E-state index < -0.39 is 28.2 Å². The molecule has 2 fully saturated rings. The van der Waals surface area contributed by atoms with Crippen molar-refractivity contribution in [3.63, 3.8) is 0 Å². The smallest absolute Gasteiger partial charge is 0.263 e. The molecule has 2 saturated heterocycles. The van der Waals surface area contributed by atoms with Crippen LogP contribution in [0, 0.1) is 0 Å². The first-order chi connectivity index (χ1) is 15.8. The normalized spacial score (nSPS) is 28.8. The zero-order chi connectivity index (χ0) is 24.9. The van der Waals surface area contributed by atoms with E-state index >= 15 is 0 Å². The van der Waals surface area contributed by atoms with E-state index in [-0.39, 0.29) is 5.78 Å². The minimum absolute atomic E-state index is 0.193. The molecule has 2 aromatic carbocycles. The summed E-state index contributed by atoms with van der Waals surface area (Å²) >= 11 is 0. The van der Waals surface area contributed by atoms with Crippen molar-refractivity contribution in [1.29, 1.82) is 0 Å². The Morgan fingerprint density at radius 1 is 0.765 bits per heavy atom. The van der Waals surface area contributed by atoms with Crippen LogP contribution < -0.4 is 4.74 Å². The van der Waals surface area contributed by atoms with Gasteiger partial charge >= 0.3 is 0 Å². The van der Waals surface area contributed by atoms with E-state index in [4.69, 9.17) is 23.7 Å². The zero-order valence-corrected chi connectivity index (χ0v) is 21.1. The Bertz CT molecular complexity index is 1150. The quantitative estimate of drug-likeness (QED) is 0.408. The van der Waals surface area contributed by atoms with Gasteiger partial charge in [0.15, 0.2) is 0 Å². The lowest BCUT2D eigenvalue weighted by Gasteiger charge is -2.35. The van der Waals surface area contributed by atoms with Crippen LogP contribution in [0.3, 0.4) is 0 Å². The molecule has 34 heavy (non-hydrogen) atoms. The maximum atomic E-state index is 13.3. The van der Waals surface area contributed by atoms with Crippen LogP contribution in [0.25, 0.3) is 5.57 Å². The molecule has 3 aliphatic rings. The van der Waals surface area contributed by atoms with E-state index in [9.17, 15) is 4.79 Å². The fourth-order valence-corrected chi connectivity index (χ4v) is 5.39. The third-order valence-electron chi connectivity index (χ3n) is 7.71. The molecule has 3 aliphatic heterocycles. The van der Waals surface area contributed by atoms with Crippen molar-refractivity contribution in [3.8, 4) is 11.5 Å². The first-order valence-corrected chi connectivity index (χ1v) is 11.5. The Morgan fingerprint density at radius 2 is 1.21 bits per heavy atom. The Labute approximate surface area is 200 Å². The Hall–Kier alpha value is -2.51. The van der Waals surface area contributed by atoms with Gasteiger partial charge in [0.1, 0.15) is 22.7 Å². The fourth-order valence-electron chi connectivity index (χ4n) is 5.39. The summed E-state index contributed by atoms with van der Waals surface area (Å²) in [6.07, 6.45) is 0. The minimum atomic E-state index is -1.25. The van der Waals surface area contributed by atoms with Gasteiger partial charge in [0.25, 0.3) is 5.79 Å². The molecule has 5 rings (SSSR count). The van der Waals surface area contributed by atoms with Crippen molar-refractivity contribution in [2.24, 2.45) is 0 Å². The average molecular weight is 465 g/mol. The molecule has 0 amide bonds. The first-order valence-electron chi connectivity index (χ1n) is 11.5. The summed E-state index contributed by atoms with van der Waals surface area (Å²) in [5.74, 6) is -0.792. The summed E-state index contributed by atoms with van der Waals surface area (Å²) in [6.45, 7) is 16.2. The van der Waals surface area contributed by atoms with Crippen molar-refractivity contribution in [2.45, 2.75) is 69.7 Å². The van der Waals surface area contributed by atoms with Crippen LogP contribution >= 0.6 is 0 Å². The van der Waals surface area contributed by atoms with Crippen LogP contribution in [0.15, 0.2) is 43.0 Å². The highest BCUT2D eigenvalue weighted by Crippen LogP contribution is 2.57. The SMILES string of the molecule is C=C(c1ccc2c(c1)C(C)(C)c1cc(C(=O)C3(OC)OC3(C)C)ccc1O2)C1(OC)OC1(C)C. The maximum absolute atomic E-state index is 13.3. The highest BCUT2D eigenvalue weighted by molar-refractivity contribution is 6.04. The van der Waals surface area contributed by atoms with Crippen LogP contribution in [-0.2, 0) is 24.4 Å². The van der Waals surface area contributed by atoms with Gasteiger partial charge in [0.05, 0.1) is 0 Å². The number of rotatable bonds is 6. The molecule has 2 unspecified atom stereocenters. The third kappa shape index (κ3) is 2.86. The zero-order valence-electron chi connectivity index (χ0n) is 21.1. The number of hydrogen-bond acceptors (Lipinski definition) is 6. The van der Waals surface area contributed by atoms with Gasteiger partial charge in [-0.05, 0) is 63.6 Å². The van der Waals surface area contributed by atoms with Gasteiger partial charge < -0.3 is 23.7 Å². The number of ether oxygens (including phenoxy) is 5. The average Bonchev–Trinajstić information content (AvgIpc) is 3.59. The number of benzene rings is 2. The number of carbonyl (C=O) groups excluding carboxylic acids is 1. The predicted octanol–water partition coefficient (Wildman–Crippen LogP) is 5.62. The van der Waals surface area contributed by atoms with Crippen molar-refractivity contribution in [3.05, 3.63) is 65.2 Å². The van der Waals surface area contributed by atoms with E-state index in [2.05, 4.69) is 26.5 Å². The molecular weight excluding hydrogens is 432 g/mol.